The van der Waals surface area contributed by atoms with Crippen molar-refractivity contribution < 1.29 is 18.7 Å². The van der Waals surface area contributed by atoms with Gasteiger partial charge in [0.2, 0.25) is 5.91 Å². The summed E-state index contributed by atoms with van der Waals surface area (Å²) in [5, 5.41) is 0.454. The quantitative estimate of drug-likeness (QED) is 0.376. The van der Waals surface area contributed by atoms with Crippen LogP contribution in [0.4, 0.5) is 0 Å². The normalized spacial score (nSPS) is 16.0. The minimum atomic E-state index is -0.242. The van der Waals surface area contributed by atoms with Crippen molar-refractivity contribution in [2.75, 3.05) is 25.4 Å². The van der Waals surface area contributed by atoms with Crippen molar-refractivity contribution in [3.05, 3.63) is 60.7 Å². The molecule has 1 aliphatic rings. The average Bonchev–Trinajstić information content (AvgIpc) is 3.28. The van der Waals surface area contributed by atoms with E-state index < -0.39 is 0 Å². The van der Waals surface area contributed by atoms with Crippen LogP contribution in [-0.2, 0) is 14.3 Å². The predicted molar refractivity (Wildman–Crippen MR) is 124 cm³/mol. The number of oxazole rings is 1. The van der Waals surface area contributed by atoms with Crippen molar-refractivity contribution in [2.45, 2.75) is 25.0 Å². The van der Waals surface area contributed by atoms with Gasteiger partial charge in [-0.2, -0.15) is 0 Å². The fourth-order valence-corrected chi connectivity index (χ4v) is 4.54. The minimum Gasteiger partial charge on any atom is -0.466 e. The number of thioether (sulfide) groups is 1. The van der Waals surface area contributed by atoms with Gasteiger partial charge >= 0.3 is 5.97 Å². The molecule has 1 atom stereocenters. The van der Waals surface area contributed by atoms with Gasteiger partial charge < -0.3 is 14.1 Å². The molecule has 0 aliphatic carbocycles. The number of carbonyl (C=O) groups excluding carboxylic acids is 2. The first-order valence-electron chi connectivity index (χ1n) is 10.8. The molecule has 7 heteroatoms. The van der Waals surface area contributed by atoms with E-state index in [2.05, 4.69) is 0 Å². The van der Waals surface area contributed by atoms with Crippen LogP contribution in [0.2, 0.25) is 0 Å². The Hall–Kier alpha value is -3.06. The van der Waals surface area contributed by atoms with E-state index in [4.69, 9.17) is 14.1 Å². The molecule has 0 N–H and O–H groups in total. The van der Waals surface area contributed by atoms with Gasteiger partial charge in [0.05, 0.1) is 18.3 Å². The van der Waals surface area contributed by atoms with E-state index in [1.165, 1.54) is 11.8 Å². The van der Waals surface area contributed by atoms with Crippen molar-refractivity contribution in [1.82, 2.24) is 9.88 Å². The van der Waals surface area contributed by atoms with Gasteiger partial charge in [-0.05, 0) is 19.8 Å². The fraction of sp³-hybridized carbons (Fsp3) is 0.320. The van der Waals surface area contributed by atoms with Crippen LogP contribution in [-0.4, -0.2) is 47.2 Å². The van der Waals surface area contributed by atoms with Crippen LogP contribution in [0.3, 0.4) is 0 Å². The number of benzene rings is 2. The van der Waals surface area contributed by atoms with E-state index in [1.54, 1.807) is 11.8 Å². The lowest BCUT2D eigenvalue weighted by molar-refractivity contribution is -0.151. The van der Waals surface area contributed by atoms with Gasteiger partial charge in [-0.25, -0.2) is 4.98 Å². The number of carbonyl (C=O) groups is 2. The molecule has 1 aliphatic heterocycles. The second-order valence-corrected chi connectivity index (χ2v) is 8.54. The van der Waals surface area contributed by atoms with Crippen molar-refractivity contribution >= 4 is 23.6 Å². The highest BCUT2D eigenvalue weighted by Crippen LogP contribution is 2.35. The Kier molecular flexibility index (Phi) is 7.27. The molecule has 0 radical (unpaired) electrons. The number of piperidine rings is 1. The van der Waals surface area contributed by atoms with Crippen LogP contribution in [0.5, 0.6) is 0 Å². The van der Waals surface area contributed by atoms with Crippen LogP contribution >= 0.6 is 11.8 Å². The maximum absolute atomic E-state index is 12.8. The largest absolute Gasteiger partial charge is 0.466 e. The van der Waals surface area contributed by atoms with Gasteiger partial charge in [0.15, 0.2) is 5.76 Å². The molecule has 0 spiro atoms. The number of likely N-dealkylation sites (tertiary alicyclic amines) is 1. The molecule has 2 heterocycles. The van der Waals surface area contributed by atoms with Crippen molar-refractivity contribution in [1.29, 1.82) is 0 Å². The molecule has 1 fully saturated rings. The Labute approximate surface area is 192 Å². The Morgan fingerprint density at radius 2 is 1.78 bits per heavy atom. The highest BCUT2D eigenvalue weighted by Gasteiger charge is 2.29. The third kappa shape index (κ3) is 5.22. The summed E-state index contributed by atoms with van der Waals surface area (Å²) in [6.07, 6.45) is 1.56. The molecule has 4 rings (SSSR count). The van der Waals surface area contributed by atoms with Gasteiger partial charge in [0, 0.05) is 24.2 Å². The van der Waals surface area contributed by atoms with Crippen LogP contribution in [0.15, 0.2) is 70.3 Å². The van der Waals surface area contributed by atoms with E-state index >= 15 is 0 Å². The zero-order valence-electron chi connectivity index (χ0n) is 18.0. The molecule has 1 saturated heterocycles. The molecular weight excluding hydrogens is 424 g/mol. The zero-order valence-corrected chi connectivity index (χ0v) is 18.8. The highest BCUT2D eigenvalue weighted by molar-refractivity contribution is 7.99. The molecule has 1 aromatic heterocycles. The number of hydrogen-bond acceptors (Lipinski definition) is 6. The Morgan fingerprint density at radius 3 is 2.47 bits per heavy atom. The monoisotopic (exact) mass is 450 g/mol. The van der Waals surface area contributed by atoms with Crippen molar-refractivity contribution in [3.8, 4) is 22.6 Å². The summed E-state index contributed by atoms with van der Waals surface area (Å²) in [5.41, 5.74) is 2.65. The molecule has 0 unspecified atom stereocenters. The summed E-state index contributed by atoms with van der Waals surface area (Å²) in [6, 6.07) is 19.7. The average molecular weight is 451 g/mol. The minimum absolute atomic E-state index is 0.0234. The lowest BCUT2D eigenvalue weighted by Gasteiger charge is -2.31. The summed E-state index contributed by atoms with van der Waals surface area (Å²) >= 11 is 1.28. The van der Waals surface area contributed by atoms with Crippen molar-refractivity contribution in [3.63, 3.8) is 0 Å². The SMILES string of the molecule is CCOC(=O)[C@@H]1CCCN(C(=O)CSc2nc(-c3ccccc3)c(-c3ccccc3)o2)C1. The topological polar surface area (TPSA) is 72.6 Å². The first-order valence-corrected chi connectivity index (χ1v) is 11.8. The Bertz CT molecular complexity index is 995. The van der Waals surface area contributed by atoms with E-state index in [0.717, 1.165) is 29.7 Å². The lowest BCUT2D eigenvalue weighted by atomic mass is 9.98. The van der Waals surface area contributed by atoms with Crippen LogP contribution < -0.4 is 0 Å². The predicted octanol–water partition coefficient (Wildman–Crippen LogP) is 4.90. The van der Waals surface area contributed by atoms with E-state index in [0.29, 0.717) is 30.7 Å². The van der Waals surface area contributed by atoms with E-state index in [9.17, 15) is 9.59 Å². The zero-order chi connectivity index (χ0) is 22.3. The molecule has 32 heavy (non-hydrogen) atoms. The van der Waals surface area contributed by atoms with Crippen LogP contribution in [0.1, 0.15) is 19.8 Å². The summed E-state index contributed by atoms with van der Waals surface area (Å²) in [4.78, 5) is 31.3. The number of hydrogen-bond donors (Lipinski definition) is 0. The molecule has 166 valence electrons. The van der Waals surface area contributed by atoms with E-state index in [-0.39, 0.29) is 23.5 Å². The van der Waals surface area contributed by atoms with Gasteiger partial charge in [-0.15, -0.1) is 0 Å². The molecule has 3 aromatic rings. The standard InChI is InChI=1S/C25H26N2O4S/c1-2-30-24(29)20-14-9-15-27(16-20)21(28)17-32-25-26-22(18-10-5-3-6-11-18)23(31-25)19-12-7-4-8-13-19/h3-8,10-13,20H,2,9,14-17H2,1H3/t20-/m1/s1. The number of ether oxygens (including phenoxy) is 1. The summed E-state index contributed by atoms with van der Waals surface area (Å²) in [5.74, 6) is 0.411. The highest BCUT2D eigenvalue weighted by atomic mass is 32.2. The smallest absolute Gasteiger partial charge is 0.310 e. The summed E-state index contributed by atoms with van der Waals surface area (Å²) in [7, 11) is 0. The Balaban J connectivity index is 1.47. The number of amides is 1. The van der Waals surface area contributed by atoms with Gasteiger partial charge in [0.25, 0.3) is 5.22 Å². The van der Waals surface area contributed by atoms with E-state index in [1.807, 2.05) is 60.7 Å². The third-order valence-corrected chi connectivity index (χ3v) is 6.22. The fourth-order valence-electron chi connectivity index (χ4n) is 3.81. The number of aromatic nitrogens is 1. The second-order valence-electron chi connectivity index (χ2n) is 7.61. The number of nitrogens with zero attached hydrogens (tertiary/aromatic N) is 2. The number of rotatable bonds is 7. The van der Waals surface area contributed by atoms with Crippen LogP contribution in [0.25, 0.3) is 22.6 Å². The molecule has 6 nitrogen and oxygen atoms in total. The molecule has 0 bridgehead atoms. The summed E-state index contributed by atoms with van der Waals surface area (Å²) < 4.78 is 11.2. The first-order chi connectivity index (χ1) is 15.7. The van der Waals surface area contributed by atoms with Gasteiger partial charge in [-0.1, -0.05) is 72.4 Å². The maximum Gasteiger partial charge on any atom is 0.310 e. The molecular formula is C25H26N2O4S. The summed E-state index contributed by atoms with van der Waals surface area (Å²) in [6.45, 7) is 3.22. The van der Waals surface area contributed by atoms with Crippen LogP contribution in [0, 0.1) is 5.92 Å². The first kappa shape index (κ1) is 22.1. The maximum atomic E-state index is 12.8. The lowest BCUT2D eigenvalue weighted by Crippen LogP contribution is -2.43. The van der Waals surface area contributed by atoms with Gasteiger partial charge in [0.1, 0.15) is 5.69 Å². The molecule has 0 saturated carbocycles. The van der Waals surface area contributed by atoms with Gasteiger partial charge in [-0.3, -0.25) is 9.59 Å². The molecule has 1 amide bonds. The van der Waals surface area contributed by atoms with Crippen molar-refractivity contribution in [2.24, 2.45) is 5.92 Å². The molecule has 2 aromatic carbocycles. The third-order valence-electron chi connectivity index (χ3n) is 5.40. The second kappa shape index (κ2) is 10.5. The Morgan fingerprint density at radius 1 is 1.09 bits per heavy atom. The number of esters is 1.